The molecule has 0 aliphatic rings. The molecule has 0 bridgehead atoms. The third kappa shape index (κ3) is 4.21. The lowest BCUT2D eigenvalue weighted by molar-refractivity contribution is 0.146. The van der Waals surface area contributed by atoms with Crippen LogP contribution in [0.15, 0.2) is 16.3 Å². The summed E-state index contributed by atoms with van der Waals surface area (Å²) in [6, 6.07) is 3.43. The molecule has 0 amide bonds. The average Bonchev–Trinajstić information content (AvgIpc) is 2.65. The number of ether oxygens (including phenoxy) is 1. The van der Waals surface area contributed by atoms with Gasteiger partial charge in [-0.15, -0.1) is 11.3 Å². The van der Waals surface area contributed by atoms with Crippen LogP contribution >= 0.6 is 11.3 Å². The van der Waals surface area contributed by atoms with Crippen molar-refractivity contribution in [3.8, 4) is 0 Å². The molecule has 6 heteroatoms. The van der Waals surface area contributed by atoms with Gasteiger partial charge in [-0.05, 0) is 32.4 Å². The number of aryl methyl sites for hydroxylation is 1. The van der Waals surface area contributed by atoms with Gasteiger partial charge in [0.2, 0.25) is 10.0 Å². The Morgan fingerprint density at radius 2 is 2.19 bits per heavy atom. The second-order valence-electron chi connectivity index (χ2n) is 3.31. The van der Waals surface area contributed by atoms with Crippen LogP contribution in [0.1, 0.15) is 18.2 Å². The first-order chi connectivity index (χ1) is 7.56. The Bertz CT molecular complexity index is 411. The molecular weight excluding hydrogens is 246 g/mol. The van der Waals surface area contributed by atoms with E-state index in [0.29, 0.717) is 30.4 Å². The molecule has 0 unspecified atom stereocenters. The predicted octanol–water partition coefficient (Wildman–Crippen LogP) is 1.76. The van der Waals surface area contributed by atoms with Gasteiger partial charge >= 0.3 is 0 Å². The number of hydrogen-bond acceptors (Lipinski definition) is 4. The summed E-state index contributed by atoms with van der Waals surface area (Å²) in [6.07, 6.45) is 0.692. The van der Waals surface area contributed by atoms with E-state index < -0.39 is 10.0 Å². The zero-order valence-electron chi connectivity index (χ0n) is 9.52. The van der Waals surface area contributed by atoms with E-state index in [9.17, 15) is 8.42 Å². The van der Waals surface area contributed by atoms with Crippen molar-refractivity contribution in [2.24, 2.45) is 0 Å². The quantitative estimate of drug-likeness (QED) is 0.763. The molecule has 0 spiro atoms. The van der Waals surface area contributed by atoms with Gasteiger partial charge in [-0.1, -0.05) is 0 Å². The van der Waals surface area contributed by atoms with Gasteiger partial charge in [-0.3, -0.25) is 0 Å². The van der Waals surface area contributed by atoms with Crippen molar-refractivity contribution in [1.29, 1.82) is 0 Å². The van der Waals surface area contributed by atoms with E-state index >= 15 is 0 Å². The van der Waals surface area contributed by atoms with Crippen LogP contribution in [0.25, 0.3) is 0 Å². The molecule has 0 atom stereocenters. The molecule has 0 aliphatic heterocycles. The second kappa shape index (κ2) is 6.34. The topological polar surface area (TPSA) is 55.4 Å². The van der Waals surface area contributed by atoms with Gasteiger partial charge in [0.1, 0.15) is 4.21 Å². The standard InChI is InChI=1S/C10H17NO3S2/c1-3-14-8-4-7-11-16(12,13)10-6-5-9(2)15-10/h5-6,11H,3-4,7-8H2,1-2H3. The van der Waals surface area contributed by atoms with E-state index in [1.54, 1.807) is 12.1 Å². The average molecular weight is 263 g/mol. The van der Waals surface area contributed by atoms with Crippen molar-refractivity contribution in [1.82, 2.24) is 4.72 Å². The van der Waals surface area contributed by atoms with Crippen LogP contribution in [0.2, 0.25) is 0 Å². The molecule has 0 aliphatic carbocycles. The Morgan fingerprint density at radius 3 is 2.75 bits per heavy atom. The zero-order valence-corrected chi connectivity index (χ0v) is 11.2. The van der Waals surface area contributed by atoms with Crippen molar-refractivity contribution in [2.75, 3.05) is 19.8 Å². The minimum absolute atomic E-state index is 0.376. The highest BCUT2D eigenvalue weighted by Gasteiger charge is 2.14. The van der Waals surface area contributed by atoms with Crippen LogP contribution in [-0.4, -0.2) is 28.2 Å². The fraction of sp³-hybridized carbons (Fsp3) is 0.600. The summed E-state index contributed by atoms with van der Waals surface area (Å²) < 4.78 is 31.5. The maximum Gasteiger partial charge on any atom is 0.250 e. The molecule has 1 aromatic rings. The van der Waals surface area contributed by atoms with E-state index in [1.807, 2.05) is 13.8 Å². The van der Waals surface area contributed by atoms with Crippen molar-refractivity contribution in [2.45, 2.75) is 24.5 Å². The van der Waals surface area contributed by atoms with E-state index in [-0.39, 0.29) is 0 Å². The summed E-state index contributed by atoms with van der Waals surface area (Å²) in [5.41, 5.74) is 0. The third-order valence-corrected chi connectivity index (χ3v) is 4.90. The van der Waals surface area contributed by atoms with Crippen LogP contribution in [0.3, 0.4) is 0 Å². The highest BCUT2D eigenvalue weighted by molar-refractivity contribution is 7.91. The number of hydrogen-bond donors (Lipinski definition) is 1. The van der Waals surface area contributed by atoms with Crippen molar-refractivity contribution >= 4 is 21.4 Å². The Morgan fingerprint density at radius 1 is 1.44 bits per heavy atom. The van der Waals surface area contributed by atoms with Crippen molar-refractivity contribution in [3.63, 3.8) is 0 Å². The summed E-state index contributed by atoms with van der Waals surface area (Å²) in [5, 5.41) is 0. The monoisotopic (exact) mass is 263 g/mol. The number of thiophene rings is 1. The molecule has 16 heavy (non-hydrogen) atoms. The molecule has 4 nitrogen and oxygen atoms in total. The van der Waals surface area contributed by atoms with Gasteiger partial charge in [0.15, 0.2) is 0 Å². The Hall–Kier alpha value is -0.430. The molecule has 1 N–H and O–H groups in total. The zero-order chi connectivity index (χ0) is 12.0. The normalized spacial score (nSPS) is 11.9. The number of rotatable bonds is 7. The van der Waals surface area contributed by atoms with Crippen molar-refractivity contribution in [3.05, 3.63) is 17.0 Å². The molecule has 0 aromatic carbocycles. The fourth-order valence-corrected chi connectivity index (χ4v) is 3.55. The first-order valence-electron chi connectivity index (χ1n) is 5.20. The van der Waals surface area contributed by atoms with Crippen LogP contribution in [0, 0.1) is 6.92 Å². The minimum atomic E-state index is -3.31. The molecule has 1 aromatic heterocycles. The smallest absolute Gasteiger partial charge is 0.250 e. The summed E-state index contributed by atoms with van der Waals surface area (Å²) in [6.45, 7) is 5.47. The molecule has 0 radical (unpaired) electrons. The molecule has 92 valence electrons. The maximum absolute atomic E-state index is 11.7. The lowest BCUT2D eigenvalue weighted by Gasteiger charge is -2.04. The Labute approximate surface area is 101 Å². The molecule has 1 rings (SSSR count). The largest absolute Gasteiger partial charge is 0.382 e. The van der Waals surface area contributed by atoms with E-state index in [1.165, 1.54) is 11.3 Å². The third-order valence-electron chi connectivity index (χ3n) is 1.94. The van der Waals surface area contributed by atoms with Crippen LogP contribution in [-0.2, 0) is 14.8 Å². The lowest BCUT2D eigenvalue weighted by atomic mass is 10.5. The number of nitrogens with one attached hydrogen (secondary N) is 1. The molecular formula is C10H17NO3S2. The molecule has 0 fully saturated rings. The van der Waals surface area contributed by atoms with E-state index in [4.69, 9.17) is 4.74 Å². The fourth-order valence-electron chi connectivity index (χ4n) is 1.15. The highest BCUT2D eigenvalue weighted by Crippen LogP contribution is 2.19. The maximum atomic E-state index is 11.7. The SMILES string of the molecule is CCOCCCNS(=O)(=O)c1ccc(C)s1. The second-order valence-corrected chi connectivity index (χ2v) is 6.60. The van der Waals surface area contributed by atoms with Gasteiger partial charge in [0.05, 0.1) is 0 Å². The highest BCUT2D eigenvalue weighted by atomic mass is 32.2. The minimum Gasteiger partial charge on any atom is -0.382 e. The van der Waals surface area contributed by atoms with Crippen LogP contribution in [0.5, 0.6) is 0 Å². The van der Waals surface area contributed by atoms with Gasteiger partial charge in [0, 0.05) is 24.6 Å². The van der Waals surface area contributed by atoms with Crippen molar-refractivity contribution < 1.29 is 13.2 Å². The van der Waals surface area contributed by atoms with Crippen LogP contribution < -0.4 is 4.72 Å². The summed E-state index contributed by atoms with van der Waals surface area (Å²) in [7, 11) is -3.31. The van der Waals surface area contributed by atoms with E-state index in [0.717, 1.165) is 4.88 Å². The van der Waals surface area contributed by atoms with Gasteiger partial charge in [-0.25, -0.2) is 13.1 Å². The first kappa shape index (κ1) is 13.6. The van der Waals surface area contributed by atoms with Gasteiger partial charge in [0.25, 0.3) is 0 Å². The molecule has 0 saturated carbocycles. The first-order valence-corrected chi connectivity index (χ1v) is 7.50. The summed E-state index contributed by atoms with van der Waals surface area (Å²) >= 11 is 1.28. The predicted molar refractivity (Wildman–Crippen MR) is 65.4 cm³/mol. The summed E-state index contributed by atoms with van der Waals surface area (Å²) in [5.74, 6) is 0. The van der Waals surface area contributed by atoms with Gasteiger partial charge < -0.3 is 4.74 Å². The van der Waals surface area contributed by atoms with Gasteiger partial charge in [-0.2, -0.15) is 0 Å². The molecule has 0 saturated heterocycles. The Balaban J connectivity index is 2.41. The summed E-state index contributed by atoms with van der Waals surface area (Å²) in [4.78, 5) is 0.995. The molecule has 1 heterocycles. The lowest BCUT2D eigenvalue weighted by Crippen LogP contribution is -2.24. The van der Waals surface area contributed by atoms with Crippen LogP contribution in [0.4, 0.5) is 0 Å². The number of sulfonamides is 1. The van der Waals surface area contributed by atoms with E-state index in [2.05, 4.69) is 4.72 Å². The Kier molecular flexibility index (Phi) is 5.40.